The van der Waals surface area contributed by atoms with Crippen molar-refractivity contribution in [2.24, 2.45) is 5.10 Å². The van der Waals surface area contributed by atoms with Crippen molar-refractivity contribution in [3.05, 3.63) is 63.1 Å². The zero-order chi connectivity index (χ0) is 16.6. The molecule has 23 heavy (non-hydrogen) atoms. The average molecular weight is 394 g/mol. The predicted octanol–water partition coefficient (Wildman–Crippen LogP) is 4.51. The van der Waals surface area contributed by atoms with Gasteiger partial charge >= 0.3 is 0 Å². The van der Waals surface area contributed by atoms with Gasteiger partial charge < -0.3 is 5.11 Å². The standard InChI is InChI=1S/C17H14BrClN2O2/c1-10(22)21-16(11-2-4-12(18)5-3-11)9-15(20-21)14-8-13(19)6-7-17(14)23/h2-8,16,23H,9H2,1H3. The normalized spacial score (nSPS) is 17.3. The highest BCUT2D eigenvalue weighted by atomic mass is 79.9. The molecule has 6 heteroatoms. The molecule has 0 spiro atoms. The number of rotatable bonds is 2. The lowest BCUT2D eigenvalue weighted by atomic mass is 9.98. The van der Waals surface area contributed by atoms with Gasteiger partial charge in [0, 0.05) is 28.4 Å². The van der Waals surface area contributed by atoms with Gasteiger partial charge in [-0.3, -0.25) is 4.79 Å². The van der Waals surface area contributed by atoms with Crippen LogP contribution < -0.4 is 0 Å². The van der Waals surface area contributed by atoms with E-state index in [1.165, 1.54) is 18.0 Å². The van der Waals surface area contributed by atoms with E-state index in [0.717, 1.165) is 10.0 Å². The summed E-state index contributed by atoms with van der Waals surface area (Å²) >= 11 is 9.42. The van der Waals surface area contributed by atoms with Gasteiger partial charge in [0.25, 0.3) is 0 Å². The summed E-state index contributed by atoms with van der Waals surface area (Å²) in [5.41, 5.74) is 2.19. The summed E-state index contributed by atoms with van der Waals surface area (Å²) in [6.07, 6.45) is 0.523. The van der Waals surface area contributed by atoms with E-state index in [4.69, 9.17) is 11.6 Å². The fraction of sp³-hybridized carbons (Fsp3) is 0.176. The smallest absolute Gasteiger partial charge is 0.240 e. The molecule has 1 heterocycles. The first-order chi connectivity index (χ1) is 11.0. The number of hydrogen-bond acceptors (Lipinski definition) is 3. The monoisotopic (exact) mass is 392 g/mol. The first-order valence-electron chi connectivity index (χ1n) is 7.07. The minimum atomic E-state index is -0.186. The van der Waals surface area contributed by atoms with E-state index in [1.54, 1.807) is 12.1 Å². The van der Waals surface area contributed by atoms with Crippen molar-refractivity contribution in [3.63, 3.8) is 0 Å². The minimum Gasteiger partial charge on any atom is -0.507 e. The summed E-state index contributed by atoms with van der Waals surface area (Å²) in [5.74, 6) is -0.0393. The average Bonchev–Trinajstić information content (AvgIpc) is 2.96. The molecule has 0 saturated heterocycles. The van der Waals surface area contributed by atoms with Crippen molar-refractivity contribution in [3.8, 4) is 5.75 Å². The largest absolute Gasteiger partial charge is 0.507 e. The van der Waals surface area contributed by atoms with Crippen LogP contribution in [0.5, 0.6) is 5.75 Å². The van der Waals surface area contributed by atoms with E-state index in [2.05, 4.69) is 21.0 Å². The molecule has 2 aromatic rings. The van der Waals surface area contributed by atoms with Crippen LogP contribution in [0.1, 0.15) is 30.5 Å². The second-order valence-corrected chi connectivity index (χ2v) is 6.70. The molecule has 2 aromatic carbocycles. The molecule has 0 radical (unpaired) electrons. The minimum absolute atomic E-state index is 0.105. The molecular weight excluding hydrogens is 380 g/mol. The molecule has 1 aliphatic rings. The molecule has 0 saturated carbocycles. The molecular formula is C17H14BrClN2O2. The Labute approximate surface area is 147 Å². The van der Waals surface area contributed by atoms with Crippen molar-refractivity contribution in [2.75, 3.05) is 0 Å². The second-order valence-electron chi connectivity index (χ2n) is 5.34. The van der Waals surface area contributed by atoms with Crippen LogP contribution in [0.3, 0.4) is 0 Å². The van der Waals surface area contributed by atoms with E-state index in [1.807, 2.05) is 24.3 Å². The topological polar surface area (TPSA) is 52.9 Å². The fourth-order valence-corrected chi connectivity index (χ4v) is 3.08. The second kappa shape index (κ2) is 6.34. The van der Waals surface area contributed by atoms with E-state index < -0.39 is 0 Å². The maximum absolute atomic E-state index is 11.9. The number of carbonyl (C=O) groups excluding carboxylic acids is 1. The highest BCUT2D eigenvalue weighted by Gasteiger charge is 2.32. The third-order valence-electron chi connectivity index (χ3n) is 3.76. The molecule has 0 aromatic heterocycles. The van der Waals surface area contributed by atoms with Gasteiger partial charge in [-0.05, 0) is 35.9 Å². The number of nitrogens with zero attached hydrogens (tertiary/aromatic N) is 2. The first-order valence-corrected chi connectivity index (χ1v) is 8.24. The van der Waals surface area contributed by atoms with Crippen LogP contribution in [-0.2, 0) is 4.79 Å². The maximum atomic E-state index is 11.9. The van der Waals surface area contributed by atoms with Gasteiger partial charge in [0.15, 0.2) is 0 Å². The molecule has 0 aliphatic carbocycles. The highest BCUT2D eigenvalue weighted by Crippen LogP contribution is 2.35. The Hall–Kier alpha value is -1.85. The van der Waals surface area contributed by atoms with Crippen LogP contribution in [0.2, 0.25) is 5.02 Å². The lowest BCUT2D eigenvalue weighted by molar-refractivity contribution is -0.130. The number of phenols is 1. The molecule has 1 unspecified atom stereocenters. The zero-order valence-corrected chi connectivity index (χ0v) is 14.7. The summed E-state index contributed by atoms with van der Waals surface area (Å²) < 4.78 is 0.974. The Bertz CT molecular complexity index is 790. The van der Waals surface area contributed by atoms with E-state index in [0.29, 0.717) is 22.7 Å². The Kier molecular flexibility index (Phi) is 4.41. The Morgan fingerprint density at radius 1 is 1.30 bits per heavy atom. The lowest BCUT2D eigenvalue weighted by Crippen LogP contribution is -2.24. The number of hydrazone groups is 1. The highest BCUT2D eigenvalue weighted by molar-refractivity contribution is 9.10. The molecule has 0 fully saturated rings. The summed E-state index contributed by atoms with van der Waals surface area (Å²) in [4.78, 5) is 11.9. The van der Waals surface area contributed by atoms with Crippen molar-refractivity contribution in [1.29, 1.82) is 0 Å². The van der Waals surface area contributed by atoms with Crippen molar-refractivity contribution >= 4 is 39.1 Å². The van der Waals surface area contributed by atoms with E-state index >= 15 is 0 Å². The van der Waals surface area contributed by atoms with Crippen LogP contribution in [-0.4, -0.2) is 21.7 Å². The maximum Gasteiger partial charge on any atom is 0.240 e. The van der Waals surface area contributed by atoms with Crippen molar-refractivity contribution in [1.82, 2.24) is 5.01 Å². The van der Waals surface area contributed by atoms with Gasteiger partial charge in [0.05, 0.1) is 11.8 Å². The van der Waals surface area contributed by atoms with Gasteiger partial charge in [0.2, 0.25) is 5.91 Å². The number of amides is 1. The van der Waals surface area contributed by atoms with Gasteiger partial charge in [-0.25, -0.2) is 5.01 Å². The lowest BCUT2D eigenvalue weighted by Gasteiger charge is -2.20. The van der Waals surface area contributed by atoms with Crippen LogP contribution >= 0.6 is 27.5 Å². The Balaban J connectivity index is 1.98. The summed E-state index contributed by atoms with van der Waals surface area (Å²) in [6.45, 7) is 1.48. The zero-order valence-electron chi connectivity index (χ0n) is 12.3. The molecule has 4 nitrogen and oxygen atoms in total. The molecule has 1 atom stereocenters. The quantitative estimate of drug-likeness (QED) is 0.816. The predicted molar refractivity (Wildman–Crippen MR) is 93.7 cm³/mol. The van der Waals surface area contributed by atoms with Gasteiger partial charge in [-0.1, -0.05) is 39.7 Å². The Morgan fingerprint density at radius 2 is 2.00 bits per heavy atom. The number of aromatic hydroxyl groups is 1. The van der Waals surface area contributed by atoms with Crippen LogP contribution in [0.25, 0.3) is 0 Å². The third kappa shape index (κ3) is 3.26. The molecule has 1 aliphatic heterocycles. The van der Waals surface area contributed by atoms with Crippen LogP contribution in [0.15, 0.2) is 52.0 Å². The van der Waals surface area contributed by atoms with E-state index in [-0.39, 0.29) is 17.7 Å². The Morgan fingerprint density at radius 3 is 2.65 bits per heavy atom. The SMILES string of the molecule is CC(=O)N1N=C(c2cc(Cl)ccc2O)CC1c1ccc(Br)cc1. The van der Waals surface area contributed by atoms with Crippen molar-refractivity contribution < 1.29 is 9.90 Å². The van der Waals surface area contributed by atoms with Gasteiger partial charge in [-0.2, -0.15) is 5.10 Å². The molecule has 0 bridgehead atoms. The van der Waals surface area contributed by atoms with Gasteiger partial charge in [0.1, 0.15) is 5.75 Å². The van der Waals surface area contributed by atoms with Crippen LogP contribution in [0, 0.1) is 0 Å². The summed E-state index contributed by atoms with van der Waals surface area (Å²) in [6, 6.07) is 12.4. The van der Waals surface area contributed by atoms with Crippen LogP contribution in [0.4, 0.5) is 0 Å². The number of hydrogen-bond donors (Lipinski definition) is 1. The molecule has 1 N–H and O–H groups in total. The number of carbonyl (C=O) groups is 1. The molecule has 118 valence electrons. The summed E-state index contributed by atoms with van der Waals surface area (Å²) in [5, 5.41) is 16.4. The molecule has 3 rings (SSSR count). The fourth-order valence-electron chi connectivity index (χ4n) is 2.65. The molecule has 1 amide bonds. The first kappa shape index (κ1) is 16.0. The number of halogens is 2. The third-order valence-corrected chi connectivity index (χ3v) is 4.52. The number of phenolic OH excluding ortho intramolecular Hbond substituents is 1. The number of benzene rings is 2. The van der Waals surface area contributed by atoms with Gasteiger partial charge in [-0.15, -0.1) is 0 Å². The van der Waals surface area contributed by atoms with Crippen molar-refractivity contribution in [2.45, 2.75) is 19.4 Å². The summed E-state index contributed by atoms with van der Waals surface area (Å²) in [7, 11) is 0. The van der Waals surface area contributed by atoms with E-state index in [9.17, 15) is 9.90 Å².